The first-order valence-corrected chi connectivity index (χ1v) is 11.1. The summed E-state index contributed by atoms with van der Waals surface area (Å²) in [6.45, 7) is 5.49. The van der Waals surface area contributed by atoms with Crippen LogP contribution in [-0.4, -0.2) is 39.3 Å². The zero-order chi connectivity index (χ0) is 19.3. The van der Waals surface area contributed by atoms with Crippen LogP contribution in [0.25, 0.3) is 0 Å². The van der Waals surface area contributed by atoms with E-state index in [-0.39, 0.29) is 35.8 Å². The lowest BCUT2D eigenvalue weighted by Crippen LogP contribution is -2.48. The number of fused-ring (bicyclic) bond motifs is 1. The minimum absolute atomic E-state index is 0. The van der Waals surface area contributed by atoms with E-state index in [0.29, 0.717) is 17.9 Å². The highest BCUT2D eigenvalue weighted by Gasteiger charge is 2.26. The average molecular weight is 513 g/mol. The monoisotopic (exact) mass is 513 g/mol. The van der Waals surface area contributed by atoms with E-state index >= 15 is 0 Å². The number of nitrogens with zero attached hydrogens (tertiary/aromatic N) is 2. The summed E-state index contributed by atoms with van der Waals surface area (Å²) in [6.07, 6.45) is 1.67. The number of hydrogen-bond acceptors (Lipinski definition) is 3. The fraction of sp³-hybridized carbons (Fsp3) is 0.381. The molecule has 1 N–H and O–H groups in total. The van der Waals surface area contributed by atoms with Gasteiger partial charge in [-0.25, -0.2) is 8.42 Å². The van der Waals surface area contributed by atoms with Crippen molar-refractivity contribution in [1.29, 1.82) is 0 Å². The maximum atomic E-state index is 12.8. The third kappa shape index (κ3) is 5.26. The summed E-state index contributed by atoms with van der Waals surface area (Å²) in [5.74, 6) is 0.809. The van der Waals surface area contributed by atoms with Crippen LogP contribution in [0.2, 0.25) is 0 Å². The first kappa shape index (κ1) is 22.7. The fourth-order valence-corrected chi connectivity index (χ4v) is 4.96. The topological polar surface area (TPSA) is 61.8 Å². The Bertz CT molecular complexity index is 901. The van der Waals surface area contributed by atoms with E-state index in [2.05, 4.69) is 27.3 Å². The standard InChI is InChI=1S/C21H27N3O2S.HI/c1-3-18(16-27(25,26)19-11-6-5-7-12-19)23-21(22-4-2)24-15-14-17-10-8-9-13-20(17)24;/h5-13,18H,3-4,14-16H2,1-2H3,(H,22,23);1H. The van der Waals surface area contributed by atoms with Crippen molar-refractivity contribution in [3.63, 3.8) is 0 Å². The molecule has 0 bridgehead atoms. The predicted molar refractivity (Wildman–Crippen MR) is 127 cm³/mol. The molecule has 2 aromatic rings. The summed E-state index contributed by atoms with van der Waals surface area (Å²) >= 11 is 0. The normalized spacial score (nSPS) is 14.9. The Morgan fingerprint density at radius 2 is 1.79 bits per heavy atom. The third-order valence-corrected chi connectivity index (χ3v) is 6.63. The lowest BCUT2D eigenvalue weighted by molar-refractivity contribution is 0.570. The van der Waals surface area contributed by atoms with Crippen LogP contribution in [0.15, 0.2) is 64.5 Å². The number of anilines is 1. The van der Waals surface area contributed by atoms with Gasteiger partial charge in [-0.1, -0.05) is 43.3 Å². The van der Waals surface area contributed by atoms with E-state index in [1.54, 1.807) is 24.3 Å². The number of rotatable bonds is 6. The number of sulfone groups is 1. The van der Waals surface area contributed by atoms with E-state index in [4.69, 9.17) is 0 Å². The van der Waals surface area contributed by atoms with Crippen LogP contribution in [-0.2, 0) is 16.3 Å². The molecule has 1 aliphatic heterocycles. The number of hydrogen-bond donors (Lipinski definition) is 1. The fourth-order valence-electron chi connectivity index (χ4n) is 3.35. The lowest BCUT2D eigenvalue weighted by atomic mass is 10.2. The van der Waals surface area contributed by atoms with Crippen LogP contribution in [0, 0.1) is 0 Å². The number of guanidine groups is 1. The van der Waals surface area contributed by atoms with E-state index in [1.165, 1.54) is 5.56 Å². The summed E-state index contributed by atoms with van der Waals surface area (Å²) in [6, 6.07) is 16.7. The van der Waals surface area contributed by atoms with E-state index in [1.807, 2.05) is 32.0 Å². The molecule has 0 radical (unpaired) electrons. The van der Waals surface area contributed by atoms with E-state index in [9.17, 15) is 8.42 Å². The molecule has 0 spiro atoms. The van der Waals surface area contributed by atoms with Gasteiger partial charge in [-0.3, -0.25) is 4.99 Å². The predicted octanol–water partition coefficient (Wildman–Crippen LogP) is 3.89. The van der Waals surface area contributed by atoms with Crippen molar-refractivity contribution in [1.82, 2.24) is 5.32 Å². The summed E-state index contributed by atoms with van der Waals surface area (Å²) in [4.78, 5) is 7.16. The van der Waals surface area contributed by atoms with Crippen molar-refractivity contribution < 1.29 is 8.42 Å². The number of benzene rings is 2. The molecule has 28 heavy (non-hydrogen) atoms. The smallest absolute Gasteiger partial charge is 0.198 e. The zero-order valence-corrected chi connectivity index (χ0v) is 19.5. The first-order chi connectivity index (χ1) is 13.0. The molecule has 3 rings (SSSR count). The molecule has 0 aromatic heterocycles. The molecule has 1 unspecified atom stereocenters. The van der Waals surface area contributed by atoms with Crippen LogP contribution in [0.3, 0.4) is 0 Å². The van der Waals surface area contributed by atoms with Gasteiger partial charge in [0.05, 0.1) is 10.6 Å². The molecule has 7 heteroatoms. The Morgan fingerprint density at radius 3 is 2.46 bits per heavy atom. The minimum atomic E-state index is -3.35. The Morgan fingerprint density at radius 1 is 1.11 bits per heavy atom. The maximum Gasteiger partial charge on any atom is 0.198 e. The second-order valence-electron chi connectivity index (χ2n) is 6.67. The molecule has 0 fully saturated rings. The maximum absolute atomic E-state index is 12.8. The van der Waals surface area contributed by atoms with E-state index < -0.39 is 9.84 Å². The molecule has 0 saturated carbocycles. The van der Waals surface area contributed by atoms with Crippen molar-refractivity contribution in [2.75, 3.05) is 23.7 Å². The SMILES string of the molecule is CCN=C(NC(CC)CS(=O)(=O)c1ccccc1)N1CCc2ccccc21.I. The van der Waals surface area contributed by atoms with Gasteiger partial charge in [0.15, 0.2) is 15.8 Å². The molecular weight excluding hydrogens is 485 g/mol. The van der Waals surface area contributed by atoms with Gasteiger partial charge in [0.25, 0.3) is 0 Å². The lowest BCUT2D eigenvalue weighted by Gasteiger charge is -2.27. The van der Waals surface area contributed by atoms with Crippen molar-refractivity contribution in [2.45, 2.75) is 37.6 Å². The summed E-state index contributed by atoms with van der Waals surface area (Å²) in [5.41, 5.74) is 2.45. The highest BCUT2D eigenvalue weighted by Crippen LogP contribution is 2.27. The minimum Gasteiger partial charge on any atom is -0.352 e. The van der Waals surface area contributed by atoms with Crippen molar-refractivity contribution in [3.05, 3.63) is 60.2 Å². The molecule has 1 aliphatic rings. The Hall–Kier alpha value is -1.61. The van der Waals surface area contributed by atoms with Gasteiger partial charge in [-0.05, 0) is 43.5 Å². The van der Waals surface area contributed by atoms with Gasteiger partial charge in [-0.15, -0.1) is 24.0 Å². The van der Waals surface area contributed by atoms with Gasteiger partial charge >= 0.3 is 0 Å². The van der Waals surface area contributed by atoms with Gasteiger partial charge in [-0.2, -0.15) is 0 Å². The second-order valence-corrected chi connectivity index (χ2v) is 8.71. The van der Waals surface area contributed by atoms with Crippen LogP contribution in [0.5, 0.6) is 0 Å². The summed E-state index contributed by atoms with van der Waals surface area (Å²) in [5, 5.41) is 3.41. The van der Waals surface area contributed by atoms with Crippen LogP contribution in [0.1, 0.15) is 25.8 Å². The van der Waals surface area contributed by atoms with E-state index in [0.717, 1.165) is 24.6 Å². The number of halogens is 1. The highest BCUT2D eigenvalue weighted by atomic mass is 127. The third-order valence-electron chi connectivity index (χ3n) is 4.80. The summed E-state index contributed by atoms with van der Waals surface area (Å²) in [7, 11) is -3.35. The quantitative estimate of drug-likeness (QED) is 0.362. The van der Waals surface area contributed by atoms with Gasteiger partial charge < -0.3 is 10.2 Å². The molecule has 152 valence electrons. The Labute approximate surface area is 185 Å². The van der Waals surface area contributed by atoms with Crippen LogP contribution < -0.4 is 10.2 Å². The van der Waals surface area contributed by atoms with Crippen LogP contribution in [0.4, 0.5) is 5.69 Å². The number of aliphatic imine (C=N–C) groups is 1. The Kier molecular flexibility index (Phi) is 8.30. The summed E-state index contributed by atoms with van der Waals surface area (Å²) < 4.78 is 25.5. The second kappa shape index (κ2) is 10.2. The first-order valence-electron chi connectivity index (χ1n) is 9.49. The molecule has 2 aromatic carbocycles. The molecule has 5 nitrogen and oxygen atoms in total. The largest absolute Gasteiger partial charge is 0.352 e. The highest BCUT2D eigenvalue weighted by molar-refractivity contribution is 14.0. The number of nitrogens with one attached hydrogen (secondary N) is 1. The molecular formula is C21H28IN3O2S. The van der Waals surface area contributed by atoms with Gasteiger partial charge in [0, 0.05) is 24.8 Å². The number of para-hydroxylation sites is 1. The molecule has 0 amide bonds. The van der Waals surface area contributed by atoms with Gasteiger partial charge in [0.1, 0.15) is 0 Å². The zero-order valence-electron chi connectivity index (χ0n) is 16.3. The molecule has 1 atom stereocenters. The van der Waals surface area contributed by atoms with Crippen LogP contribution >= 0.6 is 24.0 Å². The van der Waals surface area contributed by atoms with Crippen molar-refractivity contribution in [2.24, 2.45) is 4.99 Å². The van der Waals surface area contributed by atoms with Crippen molar-refractivity contribution in [3.8, 4) is 0 Å². The molecule has 1 heterocycles. The van der Waals surface area contributed by atoms with Gasteiger partial charge in [0.2, 0.25) is 0 Å². The van der Waals surface area contributed by atoms with Crippen molar-refractivity contribution >= 4 is 45.5 Å². The molecule has 0 saturated heterocycles. The Balaban J connectivity index is 0.00000280. The molecule has 0 aliphatic carbocycles. The average Bonchev–Trinajstić information content (AvgIpc) is 3.11.